The SMILES string of the molecule is O=C(c1ccc(-c2ccccc2)cc1)N1CCC[C@H]1c1ncc[nH]1. The molecule has 1 fully saturated rings. The highest BCUT2D eigenvalue weighted by molar-refractivity contribution is 5.95. The summed E-state index contributed by atoms with van der Waals surface area (Å²) < 4.78 is 0. The second-order valence-corrected chi connectivity index (χ2v) is 6.07. The maximum absolute atomic E-state index is 12.9. The van der Waals surface area contributed by atoms with E-state index in [-0.39, 0.29) is 11.9 Å². The lowest BCUT2D eigenvalue weighted by molar-refractivity contribution is 0.0730. The van der Waals surface area contributed by atoms with E-state index < -0.39 is 0 Å². The monoisotopic (exact) mass is 317 g/mol. The predicted octanol–water partition coefficient (Wildman–Crippen LogP) is 4.05. The average molecular weight is 317 g/mol. The molecular weight excluding hydrogens is 298 g/mol. The van der Waals surface area contributed by atoms with Crippen molar-refractivity contribution in [2.24, 2.45) is 0 Å². The first-order chi connectivity index (χ1) is 11.8. The van der Waals surface area contributed by atoms with Gasteiger partial charge in [0.05, 0.1) is 6.04 Å². The molecule has 4 heteroatoms. The van der Waals surface area contributed by atoms with Gasteiger partial charge in [-0.3, -0.25) is 4.79 Å². The maximum atomic E-state index is 12.9. The lowest BCUT2D eigenvalue weighted by Gasteiger charge is -2.23. The summed E-state index contributed by atoms with van der Waals surface area (Å²) in [4.78, 5) is 22.3. The Morgan fingerprint density at radius 3 is 2.50 bits per heavy atom. The van der Waals surface area contributed by atoms with Crippen molar-refractivity contribution in [1.29, 1.82) is 0 Å². The molecule has 1 saturated heterocycles. The molecule has 0 unspecified atom stereocenters. The van der Waals surface area contributed by atoms with Crippen molar-refractivity contribution in [2.75, 3.05) is 6.54 Å². The van der Waals surface area contributed by atoms with Crippen molar-refractivity contribution in [3.63, 3.8) is 0 Å². The van der Waals surface area contributed by atoms with Crippen LogP contribution in [0, 0.1) is 0 Å². The second-order valence-electron chi connectivity index (χ2n) is 6.07. The zero-order valence-corrected chi connectivity index (χ0v) is 13.4. The van der Waals surface area contributed by atoms with Crippen LogP contribution in [-0.2, 0) is 0 Å². The number of nitrogens with zero attached hydrogens (tertiary/aromatic N) is 2. The smallest absolute Gasteiger partial charge is 0.254 e. The fraction of sp³-hybridized carbons (Fsp3) is 0.200. The standard InChI is InChI=1S/C20H19N3O/c24-20(23-14-4-7-18(23)19-21-12-13-22-19)17-10-8-16(9-11-17)15-5-2-1-3-6-15/h1-3,5-6,8-13,18H,4,7,14H2,(H,21,22)/t18-/m0/s1. The number of hydrogen-bond donors (Lipinski definition) is 1. The van der Waals surface area contributed by atoms with Crippen molar-refractivity contribution < 1.29 is 4.79 Å². The first-order valence-corrected chi connectivity index (χ1v) is 8.28. The van der Waals surface area contributed by atoms with E-state index in [2.05, 4.69) is 22.1 Å². The minimum atomic E-state index is 0.0568. The normalized spacial score (nSPS) is 17.2. The quantitative estimate of drug-likeness (QED) is 0.792. The molecule has 2 aromatic carbocycles. The molecule has 1 amide bonds. The summed E-state index contributed by atoms with van der Waals surface area (Å²) >= 11 is 0. The molecule has 120 valence electrons. The third kappa shape index (κ3) is 2.71. The summed E-state index contributed by atoms with van der Waals surface area (Å²) in [5.74, 6) is 0.954. The number of nitrogens with one attached hydrogen (secondary N) is 1. The van der Waals surface area contributed by atoms with Crippen LogP contribution < -0.4 is 0 Å². The number of imidazole rings is 1. The number of likely N-dealkylation sites (tertiary alicyclic amines) is 1. The summed E-state index contributed by atoms with van der Waals surface area (Å²) in [6.45, 7) is 0.782. The summed E-state index contributed by atoms with van der Waals surface area (Å²) in [7, 11) is 0. The van der Waals surface area contributed by atoms with Crippen LogP contribution in [0.1, 0.15) is 35.1 Å². The third-order valence-corrected chi connectivity index (χ3v) is 4.59. The Kier molecular flexibility index (Phi) is 3.87. The van der Waals surface area contributed by atoms with Crippen LogP contribution in [0.25, 0.3) is 11.1 Å². The van der Waals surface area contributed by atoms with Crippen LogP contribution >= 0.6 is 0 Å². The zero-order valence-electron chi connectivity index (χ0n) is 13.4. The molecule has 1 aromatic heterocycles. The molecule has 2 heterocycles. The first kappa shape index (κ1) is 14.7. The molecule has 1 aliphatic heterocycles. The van der Waals surface area contributed by atoms with E-state index in [1.54, 1.807) is 6.20 Å². The van der Waals surface area contributed by atoms with Crippen LogP contribution in [0.15, 0.2) is 67.0 Å². The van der Waals surface area contributed by atoms with Gasteiger partial charge in [0, 0.05) is 24.5 Å². The Bertz CT molecular complexity index is 810. The number of hydrogen-bond acceptors (Lipinski definition) is 2. The molecule has 1 atom stereocenters. The number of benzene rings is 2. The van der Waals surface area contributed by atoms with Crippen molar-refractivity contribution in [3.8, 4) is 11.1 Å². The van der Waals surface area contributed by atoms with Gasteiger partial charge in [0.2, 0.25) is 0 Å². The Labute approximate surface area is 141 Å². The van der Waals surface area contributed by atoms with Gasteiger partial charge >= 0.3 is 0 Å². The maximum Gasteiger partial charge on any atom is 0.254 e. The molecule has 0 spiro atoms. The van der Waals surface area contributed by atoms with E-state index in [1.807, 2.05) is 53.6 Å². The Hall–Kier alpha value is -2.88. The highest BCUT2D eigenvalue weighted by Gasteiger charge is 2.32. The largest absolute Gasteiger partial charge is 0.347 e. The van der Waals surface area contributed by atoms with Crippen molar-refractivity contribution in [1.82, 2.24) is 14.9 Å². The fourth-order valence-corrected chi connectivity index (χ4v) is 3.36. The summed E-state index contributed by atoms with van der Waals surface area (Å²) in [6, 6.07) is 18.1. The van der Waals surface area contributed by atoms with Gasteiger partial charge in [-0.1, -0.05) is 42.5 Å². The minimum Gasteiger partial charge on any atom is -0.347 e. The van der Waals surface area contributed by atoms with Crippen LogP contribution in [0.3, 0.4) is 0 Å². The lowest BCUT2D eigenvalue weighted by Crippen LogP contribution is -2.31. The number of rotatable bonds is 3. The van der Waals surface area contributed by atoms with E-state index in [0.29, 0.717) is 0 Å². The predicted molar refractivity (Wildman–Crippen MR) is 93.5 cm³/mol. The molecule has 4 nitrogen and oxygen atoms in total. The Morgan fingerprint density at radius 2 is 1.79 bits per heavy atom. The second kappa shape index (κ2) is 6.32. The molecule has 4 rings (SSSR count). The molecular formula is C20H19N3O. The highest BCUT2D eigenvalue weighted by Crippen LogP contribution is 2.31. The number of aromatic amines is 1. The summed E-state index contributed by atoms with van der Waals surface area (Å²) in [6.07, 6.45) is 5.52. The molecule has 1 aliphatic rings. The average Bonchev–Trinajstić information content (AvgIpc) is 3.33. The van der Waals surface area contributed by atoms with E-state index in [4.69, 9.17) is 0 Å². The zero-order chi connectivity index (χ0) is 16.4. The van der Waals surface area contributed by atoms with E-state index in [1.165, 1.54) is 0 Å². The van der Waals surface area contributed by atoms with Gasteiger partial charge in [0.25, 0.3) is 5.91 Å². The number of H-pyrrole nitrogens is 1. The third-order valence-electron chi connectivity index (χ3n) is 4.59. The van der Waals surface area contributed by atoms with Gasteiger partial charge in [-0.05, 0) is 36.1 Å². The summed E-state index contributed by atoms with van der Waals surface area (Å²) in [5, 5.41) is 0. The van der Waals surface area contributed by atoms with Gasteiger partial charge < -0.3 is 9.88 Å². The first-order valence-electron chi connectivity index (χ1n) is 8.28. The van der Waals surface area contributed by atoms with Crippen LogP contribution in [0.4, 0.5) is 0 Å². The summed E-state index contributed by atoms with van der Waals surface area (Å²) in [5.41, 5.74) is 3.01. The van der Waals surface area contributed by atoms with Gasteiger partial charge in [-0.15, -0.1) is 0 Å². The van der Waals surface area contributed by atoms with Gasteiger partial charge in [0.1, 0.15) is 5.82 Å². The number of aromatic nitrogens is 2. The van der Waals surface area contributed by atoms with E-state index in [0.717, 1.165) is 41.9 Å². The number of carbonyl (C=O) groups is 1. The van der Waals surface area contributed by atoms with Crippen LogP contribution in [0.2, 0.25) is 0 Å². The molecule has 0 aliphatic carbocycles. The highest BCUT2D eigenvalue weighted by atomic mass is 16.2. The topological polar surface area (TPSA) is 49.0 Å². The molecule has 0 bridgehead atoms. The van der Waals surface area contributed by atoms with Crippen molar-refractivity contribution in [2.45, 2.75) is 18.9 Å². The lowest BCUT2D eigenvalue weighted by atomic mass is 10.0. The van der Waals surface area contributed by atoms with Crippen LogP contribution in [0.5, 0.6) is 0 Å². The molecule has 0 saturated carbocycles. The van der Waals surface area contributed by atoms with Gasteiger partial charge in [-0.2, -0.15) is 0 Å². The van der Waals surface area contributed by atoms with Crippen LogP contribution in [-0.4, -0.2) is 27.3 Å². The molecule has 24 heavy (non-hydrogen) atoms. The van der Waals surface area contributed by atoms with Crippen molar-refractivity contribution >= 4 is 5.91 Å². The minimum absolute atomic E-state index is 0.0568. The number of amides is 1. The molecule has 3 aromatic rings. The van der Waals surface area contributed by atoms with E-state index >= 15 is 0 Å². The fourth-order valence-electron chi connectivity index (χ4n) is 3.36. The Morgan fingerprint density at radius 1 is 1.04 bits per heavy atom. The van der Waals surface area contributed by atoms with E-state index in [9.17, 15) is 4.79 Å². The molecule has 1 N–H and O–H groups in total. The number of carbonyl (C=O) groups excluding carboxylic acids is 1. The van der Waals surface area contributed by atoms with Crippen molar-refractivity contribution in [3.05, 3.63) is 78.4 Å². The molecule has 0 radical (unpaired) electrons. The Balaban J connectivity index is 1.56. The van der Waals surface area contributed by atoms with Gasteiger partial charge in [0.15, 0.2) is 0 Å². The van der Waals surface area contributed by atoms with Gasteiger partial charge in [-0.25, -0.2) is 4.98 Å².